The molecule has 0 spiro atoms. The maximum Gasteiger partial charge on any atom is 0.482 e. The molecule has 0 aromatic heterocycles. The lowest BCUT2D eigenvalue weighted by molar-refractivity contribution is 0.448. The Kier molecular flexibility index (Phi) is 24.0. The van der Waals surface area contributed by atoms with E-state index >= 15 is 0 Å². The van der Waals surface area contributed by atoms with Crippen LogP contribution in [0.25, 0.3) is 0 Å². The van der Waals surface area contributed by atoms with Crippen LogP contribution in [0.3, 0.4) is 0 Å². The molecular weight excluding hydrogens is 90.9 g/mol. The molecule has 0 rings (SSSR count). The van der Waals surface area contributed by atoms with Gasteiger partial charge in [-0.05, 0) is 0 Å². The summed E-state index contributed by atoms with van der Waals surface area (Å²) < 4.78 is 0. The van der Waals surface area contributed by atoms with Crippen molar-refractivity contribution in [3.05, 3.63) is 0 Å². The zero-order valence-electron chi connectivity index (χ0n) is 4.89. The Bertz CT molecular complexity index is 17.2. The van der Waals surface area contributed by atoms with Gasteiger partial charge >= 0.3 is 7.69 Å². The van der Waals surface area contributed by atoms with Gasteiger partial charge in [0.05, 0.1) is 0 Å². The molecule has 0 aromatic carbocycles. The van der Waals surface area contributed by atoms with Gasteiger partial charge in [0.2, 0.25) is 0 Å². The van der Waals surface area contributed by atoms with Gasteiger partial charge in [-0.25, -0.2) is 0 Å². The van der Waals surface area contributed by atoms with Crippen LogP contribution in [0.1, 0.15) is 26.7 Å². The molecule has 0 aromatic rings. The van der Waals surface area contributed by atoms with Crippen molar-refractivity contribution < 1.29 is 10.0 Å². The topological polar surface area (TPSA) is 40.5 Å². The van der Waals surface area contributed by atoms with Gasteiger partial charge in [0.15, 0.2) is 0 Å². The van der Waals surface area contributed by atoms with E-state index in [4.69, 9.17) is 10.0 Å². The second-order valence-corrected chi connectivity index (χ2v) is 1.12. The molecule has 0 saturated heterocycles. The van der Waals surface area contributed by atoms with Crippen molar-refractivity contribution in [2.75, 3.05) is 0 Å². The molecule has 1 radical (unpaired) electrons. The zero-order valence-corrected chi connectivity index (χ0v) is 4.89. The van der Waals surface area contributed by atoms with Crippen molar-refractivity contribution in [1.29, 1.82) is 0 Å². The zero-order chi connectivity index (χ0) is 6.12. The molecule has 0 unspecified atom stereocenters. The van der Waals surface area contributed by atoms with E-state index < -0.39 is 0 Å². The number of hydrogen-bond donors (Lipinski definition) is 2. The van der Waals surface area contributed by atoms with E-state index in [1.54, 1.807) is 0 Å². The molecule has 0 heterocycles. The standard InChI is InChI=1S/C4H10.BH2O2/c1-3-4-2;2-1-3/h3-4H2,1-2H3;2-3H. The Morgan fingerprint density at radius 1 is 1.14 bits per heavy atom. The van der Waals surface area contributed by atoms with E-state index in [1.165, 1.54) is 12.8 Å². The highest BCUT2D eigenvalue weighted by molar-refractivity contribution is 6.13. The Morgan fingerprint density at radius 3 is 1.29 bits per heavy atom. The Balaban J connectivity index is 0. The van der Waals surface area contributed by atoms with Crippen LogP contribution in [0.15, 0.2) is 0 Å². The van der Waals surface area contributed by atoms with Gasteiger partial charge < -0.3 is 10.0 Å². The van der Waals surface area contributed by atoms with E-state index in [1.807, 2.05) is 0 Å². The summed E-state index contributed by atoms with van der Waals surface area (Å²) in [7, 11) is 0. The molecule has 0 amide bonds. The van der Waals surface area contributed by atoms with Crippen LogP contribution in [0.2, 0.25) is 0 Å². The fourth-order valence-electron chi connectivity index (χ4n) is 0. The van der Waals surface area contributed by atoms with Crippen molar-refractivity contribution in [2.24, 2.45) is 0 Å². The minimum absolute atomic E-state index is 0. The van der Waals surface area contributed by atoms with Crippen LogP contribution in [0.5, 0.6) is 0 Å². The first-order valence-corrected chi connectivity index (χ1v) is 2.43. The average molecular weight is 103 g/mol. The monoisotopic (exact) mass is 103 g/mol. The van der Waals surface area contributed by atoms with Crippen LogP contribution >= 0.6 is 0 Å². The summed E-state index contributed by atoms with van der Waals surface area (Å²) in [6, 6.07) is 0. The van der Waals surface area contributed by atoms with E-state index in [0.717, 1.165) is 0 Å². The first-order chi connectivity index (χ1) is 3.33. The van der Waals surface area contributed by atoms with Gasteiger partial charge in [0.1, 0.15) is 0 Å². The molecule has 3 heteroatoms. The average Bonchev–Trinajstić information content (AvgIpc) is 1.69. The smallest absolute Gasteiger partial charge is 0.429 e. The molecule has 0 aliphatic rings. The molecule has 2 nitrogen and oxygen atoms in total. The Morgan fingerprint density at radius 2 is 1.29 bits per heavy atom. The molecule has 0 saturated carbocycles. The summed E-state index contributed by atoms with van der Waals surface area (Å²) in [6.07, 6.45) is 2.64. The minimum atomic E-state index is 0. The van der Waals surface area contributed by atoms with Crippen LogP contribution < -0.4 is 0 Å². The van der Waals surface area contributed by atoms with Gasteiger partial charge in [-0.2, -0.15) is 0 Å². The molecule has 0 atom stereocenters. The number of rotatable bonds is 1. The molecule has 0 aliphatic carbocycles. The molecular formula is C4H12BO2. The van der Waals surface area contributed by atoms with Crippen LogP contribution in [0.4, 0.5) is 0 Å². The number of unbranched alkanes of at least 4 members (excludes halogenated alkanes) is 1. The lowest BCUT2D eigenvalue weighted by atomic mass is 10.4. The highest BCUT2D eigenvalue weighted by atomic mass is 16.4. The minimum Gasteiger partial charge on any atom is -0.429 e. The second-order valence-electron chi connectivity index (χ2n) is 1.12. The predicted molar refractivity (Wildman–Crippen MR) is 30.8 cm³/mol. The van der Waals surface area contributed by atoms with Crippen LogP contribution in [0, 0.1) is 0 Å². The second kappa shape index (κ2) is 16.7. The van der Waals surface area contributed by atoms with Gasteiger partial charge in [-0.3, -0.25) is 0 Å². The number of hydrogen-bond acceptors (Lipinski definition) is 2. The summed E-state index contributed by atoms with van der Waals surface area (Å²) in [6.45, 7) is 4.36. The van der Waals surface area contributed by atoms with Crippen molar-refractivity contribution in [3.8, 4) is 0 Å². The van der Waals surface area contributed by atoms with Crippen LogP contribution in [-0.4, -0.2) is 17.7 Å². The highest BCUT2D eigenvalue weighted by Gasteiger charge is 1.56. The third kappa shape index (κ3) is 98.0. The quantitative estimate of drug-likeness (QED) is 0.469. The van der Waals surface area contributed by atoms with Crippen molar-refractivity contribution in [1.82, 2.24) is 0 Å². The van der Waals surface area contributed by atoms with Crippen molar-refractivity contribution in [3.63, 3.8) is 0 Å². The maximum absolute atomic E-state index is 7.00. The summed E-state index contributed by atoms with van der Waals surface area (Å²) in [5.41, 5.74) is 0. The molecule has 2 N–H and O–H groups in total. The first-order valence-electron chi connectivity index (χ1n) is 2.43. The Hall–Kier alpha value is -0.0151. The maximum atomic E-state index is 7.00. The van der Waals surface area contributed by atoms with Gasteiger partial charge in [0, 0.05) is 0 Å². The van der Waals surface area contributed by atoms with Gasteiger partial charge in [-0.15, -0.1) is 0 Å². The van der Waals surface area contributed by atoms with E-state index in [-0.39, 0.29) is 7.69 Å². The van der Waals surface area contributed by atoms with E-state index in [2.05, 4.69) is 13.8 Å². The van der Waals surface area contributed by atoms with E-state index in [9.17, 15) is 0 Å². The lowest BCUT2D eigenvalue weighted by Gasteiger charge is -1.68. The highest BCUT2D eigenvalue weighted by Crippen LogP contribution is 1.76. The molecule has 0 aliphatic heterocycles. The van der Waals surface area contributed by atoms with Gasteiger partial charge in [0.25, 0.3) is 0 Å². The third-order valence-corrected chi connectivity index (χ3v) is 0.500. The summed E-state index contributed by atoms with van der Waals surface area (Å²) in [5.74, 6) is 0. The van der Waals surface area contributed by atoms with Crippen molar-refractivity contribution >= 4 is 7.69 Å². The summed E-state index contributed by atoms with van der Waals surface area (Å²) >= 11 is 0. The molecule has 0 fully saturated rings. The fourth-order valence-corrected chi connectivity index (χ4v) is 0. The van der Waals surface area contributed by atoms with E-state index in [0.29, 0.717) is 0 Å². The predicted octanol–water partition coefficient (Wildman–Crippen LogP) is 0.312. The largest absolute Gasteiger partial charge is 0.482 e. The Labute approximate surface area is 45.5 Å². The molecule has 7 heavy (non-hydrogen) atoms. The normalized spacial score (nSPS) is 6.29. The first kappa shape index (κ1) is 10.1. The summed E-state index contributed by atoms with van der Waals surface area (Å²) in [4.78, 5) is 0. The summed E-state index contributed by atoms with van der Waals surface area (Å²) in [5, 5.41) is 14.0. The lowest BCUT2D eigenvalue weighted by Crippen LogP contribution is -1.75. The van der Waals surface area contributed by atoms with Crippen LogP contribution in [-0.2, 0) is 0 Å². The third-order valence-electron chi connectivity index (χ3n) is 0.500. The molecule has 0 bridgehead atoms. The fraction of sp³-hybridized carbons (Fsp3) is 1.00. The van der Waals surface area contributed by atoms with Gasteiger partial charge in [-0.1, -0.05) is 26.7 Å². The molecule has 43 valence electrons. The SMILES string of the molecule is CCCC.O[B]O. The van der Waals surface area contributed by atoms with Crippen molar-refractivity contribution in [2.45, 2.75) is 26.7 Å².